The van der Waals surface area contributed by atoms with Crippen molar-refractivity contribution in [2.24, 2.45) is 5.92 Å². The Morgan fingerprint density at radius 3 is 2.34 bits per heavy atom. The summed E-state index contributed by atoms with van der Waals surface area (Å²) in [6.45, 7) is 0.361. The van der Waals surface area contributed by atoms with Gasteiger partial charge in [-0.1, -0.05) is 48.5 Å². The number of carbonyl (C=O) groups is 2. The van der Waals surface area contributed by atoms with Crippen molar-refractivity contribution >= 4 is 34.0 Å². The highest BCUT2D eigenvalue weighted by Crippen LogP contribution is 2.27. The number of nitrogens with one attached hydrogen (secondary N) is 2. The molecule has 158 valence electrons. The van der Waals surface area contributed by atoms with Gasteiger partial charge in [0.2, 0.25) is 11.8 Å². The van der Waals surface area contributed by atoms with Gasteiger partial charge in [0.1, 0.15) is 0 Å². The molecule has 1 atom stereocenters. The van der Waals surface area contributed by atoms with Crippen molar-refractivity contribution in [3.63, 3.8) is 0 Å². The first-order chi connectivity index (χ1) is 15.6. The predicted molar refractivity (Wildman–Crippen MR) is 123 cm³/mol. The molecular weight excluding hydrogens is 404 g/mol. The first kappa shape index (κ1) is 19.7. The van der Waals surface area contributed by atoms with Crippen LogP contribution in [0.25, 0.3) is 22.0 Å². The molecule has 5 rings (SSSR count). The van der Waals surface area contributed by atoms with E-state index < -0.39 is 5.92 Å². The van der Waals surface area contributed by atoms with Crippen LogP contribution < -0.4 is 15.8 Å². The summed E-state index contributed by atoms with van der Waals surface area (Å²) in [5.41, 5.74) is 2.69. The van der Waals surface area contributed by atoms with Gasteiger partial charge in [0, 0.05) is 35.3 Å². The molecule has 1 aliphatic rings. The Labute approximate surface area is 183 Å². The van der Waals surface area contributed by atoms with Crippen LogP contribution in [0.1, 0.15) is 6.42 Å². The van der Waals surface area contributed by atoms with Crippen LogP contribution in [-0.4, -0.2) is 28.6 Å². The minimum absolute atomic E-state index is 0.0530. The van der Waals surface area contributed by atoms with Gasteiger partial charge in [0.25, 0.3) is 5.56 Å². The molecule has 7 heteroatoms. The second-order valence-corrected chi connectivity index (χ2v) is 7.75. The van der Waals surface area contributed by atoms with Gasteiger partial charge in [-0.15, -0.1) is 0 Å². The van der Waals surface area contributed by atoms with Gasteiger partial charge in [0.15, 0.2) is 0 Å². The van der Waals surface area contributed by atoms with Gasteiger partial charge in [-0.2, -0.15) is 5.10 Å². The Kier molecular flexibility index (Phi) is 4.99. The summed E-state index contributed by atoms with van der Waals surface area (Å²) < 4.78 is 0. The van der Waals surface area contributed by atoms with Crippen molar-refractivity contribution in [2.75, 3.05) is 16.8 Å². The van der Waals surface area contributed by atoms with Crippen molar-refractivity contribution in [2.45, 2.75) is 6.42 Å². The summed E-state index contributed by atoms with van der Waals surface area (Å²) >= 11 is 0. The maximum absolute atomic E-state index is 12.8. The molecule has 1 aliphatic heterocycles. The molecule has 2 N–H and O–H groups in total. The number of hydrogen-bond acceptors (Lipinski definition) is 4. The largest absolute Gasteiger partial charge is 0.326 e. The Bertz CT molecular complexity index is 1360. The first-order valence-corrected chi connectivity index (χ1v) is 10.3. The topological polar surface area (TPSA) is 95.2 Å². The van der Waals surface area contributed by atoms with Gasteiger partial charge in [0.05, 0.1) is 17.0 Å². The standard InChI is InChI=1S/C25H20N4O3/c30-22-14-17(15-29(22)19-6-2-1-3-7-19)24(31)26-18-12-10-16(11-13-18)23-20-8-4-5-9-21(20)25(32)28-27-23/h1-13,17H,14-15H2,(H,26,31)(H,28,32). The Hall–Kier alpha value is -4.26. The van der Waals surface area contributed by atoms with Crippen LogP contribution in [0.3, 0.4) is 0 Å². The average Bonchev–Trinajstić information content (AvgIpc) is 3.23. The second kappa shape index (κ2) is 8.11. The molecule has 2 heterocycles. The summed E-state index contributed by atoms with van der Waals surface area (Å²) in [7, 11) is 0. The van der Waals surface area contributed by atoms with E-state index in [0.717, 1.165) is 16.6 Å². The number of rotatable bonds is 4. The number of para-hydroxylation sites is 1. The van der Waals surface area contributed by atoms with Crippen LogP contribution in [0.15, 0.2) is 83.7 Å². The fraction of sp³-hybridized carbons (Fsp3) is 0.120. The summed E-state index contributed by atoms with van der Waals surface area (Å²) in [4.78, 5) is 38.8. The zero-order chi connectivity index (χ0) is 22.1. The van der Waals surface area contributed by atoms with Gasteiger partial charge >= 0.3 is 0 Å². The molecule has 2 amide bonds. The van der Waals surface area contributed by atoms with E-state index >= 15 is 0 Å². The van der Waals surface area contributed by atoms with Gasteiger partial charge in [-0.05, 0) is 30.3 Å². The first-order valence-electron chi connectivity index (χ1n) is 10.3. The van der Waals surface area contributed by atoms with E-state index in [-0.39, 0.29) is 23.8 Å². The number of H-pyrrole nitrogens is 1. The summed E-state index contributed by atoms with van der Waals surface area (Å²) in [5.74, 6) is -0.646. The Balaban J connectivity index is 1.32. The third-order valence-electron chi connectivity index (χ3n) is 5.69. The number of amides is 2. The third kappa shape index (κ3) is 3.65. The summed E-state index contributed by atoms with van der Waals surface area (Å²) in [6.07, 6.45) is 0.187. The highest BCUT2D eigenvalue weighted by Gasteiger charge is 2.35. The number of carbonyl (C=O) groups excluding carboxylic acids is 2. The van der Waals surface area contributed by atoms with E-state index in [9.17, 15) is 14.4 Å². The quantitative estimate of drug-likeness (QED) is 0.523. The maximum atomic E-state index is 12.8. The van der Waals surface area contributed by atoms with E-state index in [2.05, 4.69) is 15.5 Å². The lowest BCUT2D eigenvalue weighted by molar-refractivity contribution is -0.122. The fourth-order valence-electron chi connectivity index (χ4n) is 4.03. The molecule has 1 saturated heterocycles. The highest BCUT2D eigenvalue weighted by molar-refractivity contribution is 6.03. The lowest BCUT2D eigenvalue weighted by atomic mass is 10.0. The molecule has 0 saturated carbocycles. The predicted octanol–water partition coefficient (Wildman–Crippen LogP) is 3.58. The lowest BCUT2D eigenvalue weighted by Crippen LogP contribution is -2.28. The number of nitrogens with zero attached hydrogens (tertiary/aromatic N) is 2. The highest BCUT2D eigenvalue weighted by atomic mass is 16.2. The van der Waals surface area contributed by atoms with E-state index in [1.54, 1.807) is 23.1 Å². The van der Waals surface area contributed by atoms with Crippen LogP contribution in [0, 0.1) is 5.92 Å². The van der Waals surface area contributed by atoms with Crippen LogP contribution in [-0.2, 0) is 9.59 Å². The number of aromatic nitrogens is 2. The molecule has 0 radical (unpaired) electrons. The monoisotopic (exact) mass is 424 g/mol. The third-order valence-corrected chi connectivity index (χ3v) is 5.69. The van der Waals surface area contributed by atoms with Crippen LogP contribution >= 0.6 is 0 Å². The lowest BCUT2D eigenvalue weighted by Gasteiger charge is -2.16. The van der Waals surface area contributed by atoms with E-state index in [4.69, 9.17) is 0 Å². The number of benzene rings is 3. The normalized spacial score (nSPS) is 15.8. The SMILES string of the molecule is O=C(Nc1ccc(-c2n[nH]c(=O)c3ccccc23)cc1)C1CC(=O)N(c2ccccc2)C1. The van der Waals surface area contributed by atoms with Gasteiger partial charge < -0.3 is 10.2 Å². The van der Waals surface area contributed by atoms with Gasteiger partial charge in [-0.3, -0.25) is 14.4 Å². The number of aromatic amines is 1. The maximum Gasteiger partial charge on any atom is 0.272 e. The molecule has 1 aromatic heterocycles. The zero-order valence-corrected chi connectivity index (χ0v) is 17.1. The minimum Gasteiger partial charge on any atom is -0.326 e. The van der Waals surface area contributed by atoms with E-state index in [1.807, 2.05) is 60.7 Å². The molecule has 3 aromatic carbocycles. The van der Waals surface area contributed by atoms with Crippen LogP contribution in [0.5, 0.6) is 0 Å². The average molecular weight is 424 g/mol. The van der Waals surface area contributed by atoms with Crippen LogP contribution in [0.4, 0.5) is 11.4 Å². The van der Waals surface area contributed by atoms with Crippen molar-refractivity contribution in [1.29, 1.82) is 0 Å². The van der Waals surface area contributed by atoms with E-state index in [1.165, 1.54) is 0 Å². The summed E-state index contributed by atoms with van der Waals surface area (Å²) in [6, 6.07) is 23.9. The van der Waals surface area contributed by atoms with Crippen molar-refractivity contribution < 1.29 is 9.59 Å². The summed E-state index contributed by atoms with van der Waals surface area (Å²) in [5, 5.41) is 11.0. The Morgan fingerprint density at radius 1 is 0.906 bits per heavy atom. The van der Waals surface area contributed by atoms with Crippen molar-refractivity contribution in [3.05, 3.63) is 89.2 Å². The van der Waals surface area contributed by atoms with Crippen molar-refractivity contribution in [1.82, 2.24) is 10.2 Å². The number of fused-ring (bicyclic) bond motifs is 1. The molecule has 0 spiro atoms. The molecule has 4 aromatic rings. The van der Waals surface area contributed by atoms with E-state index in [0.29, 0.717) is 23.3 Å². The molecule has 32 heavy (non-hydrogen) atoms. The second-order valence-electron chi connectivity index (χ2n) is 7.75. The van der Waals surface area contributed by atoms with Gasteiger partial charge in [-0.25, -0.2) is 5.10 Å². The smallest absolute Gasteiger partial charge is 0.272 e. The van der Waals surface area contributed by atoms with Crippen molar-refractivity contribution in [3.8, 4) is 11.3 Å². The fourth-order valence-corrected chi connectivity index (χ4v) is 4.03. The molecule has 7 nitrogen and oxygen atoms in total. The number of anilines is 2. The zero-order valence-electron chi connectivity index (χ0n) is 17.1. The molecular formula is C25H20N4O3. The number of hydrogen-bond donors (Lipinski definition) is 2. The molecule has 0 bridgehead atoms. The molecule has 1 fully saturated rings. The molecule has 1 unspecified atom stereocenters. The Morgan fingerprint density at radius 2 is 1.59 bits per heavy atom. The van der Waals surface area contributed by atoms with Crippen LogP contribution in [0.2, 0.25) is 0 Å². The molecule has 0 aliphatic carbocycles. The minimum atomic E-state index is -0.410.